The van der Waals surface area contributed by atoms with Gasteiger partial charge in [-0.25, -0.2) is 9.18 Å². The molecule has 0 saturated heterocycles. The highest BCUT2D eigenvalue weighted by molar-refractivity contribution is 5.68. The number of amides is 1. The van der Waals surface area contributed by atoms with Crippen LogP contribution in [0.3, 0.4) is 0 Å². The number of benzene rings is 2. The summed E-state index contributed by atoms with van der Waals surface area (Å²) in [5.41, 5.74) is 9.23. The van der Waals surface area contributed by atoms with Gasteiger partial charge in [-0.05, 0) is 47.2 Å². The Labute approximate surface area is 141 Å². The van der Waals surface area contributed by atoms with E-state index >= 15 is 0 Å². The summed E-state index contributed by atoms with van der Waals surface area (Å²) in [5, 5.41) is 0. The van der Waals surface area contributed by atoms with Gasteiger partial charge in [0.05, 0.1) is 0 Å². The summed E-state index contributed by atoms with van der Waals surface area (Å²) in [6, 6.07) is 11.3. The minimum Gasteiger partial charge on any atom is -0.441 e. The lowest BCUT2D eigenvalue weighted by atomic mass is 9.87. The maximum atomic E-state index is 14.7. The molecule has 1 aliphatic rings. The van der Waals surface area contributed by atoms with Crippen LogP contribution in [-0.2, 0) is 17.6 Å². The molecule has 1 unspecified atom stereocenters. The molecule has 0 heterocycles. The molecule has 3 rings (SSSR count). The van der Waals surface area contributed by atoms with Crippen molar-refractivity contribution in [2.45, 2.75) is 39.7 Å². The number of ether oxygens (including phenoxy) is 1. The van der Waals surface area contributed by atoms with Crippen molar-refractivity contribution in [2.24, 2.45) is 11.1 Å². The summed E-state index contributed by atoms with van der Waals surface area (Å²) in [6.45, 7) is 6.08. The van der Waals surface area contributed by atoms with Crippen molar-refractivity contribution in [3.05, 3.63) is 58.9 Å². The second kappa shape index (κ2) is 5.93. The smallest absolute Gasteiger partial charge is 0.405 e. The molecule has 126 valence electrons. The van der Waals surface area contributed by atoms with Crippen LogP contribution in [0.1, 0.15) is 43.6 Å². The van der Waals surface area contributed by atoms with Crippen molar-refractivity contribution in [2.75, 3.05) is 0 Å². The molecule has 1 aliphatic carbocycles. The molecular formula is C20H22FNO2. The van der Waals surface area contributed by atoms with Crippen molar-refractivity contribution < 1.29 is 13.9 Å². The van der Waals surface area contributed by atoms with E-state index in [-0.39, 0.29) is 11.2 Å². The van der Waals surface area contributed by atoms with E-state index in [1.165, 1.54) is 11.6 Å². The minimum atomic E-state index is -0.833. The Bertz CT molecular complexity index is 781. The number of rotatable bonds is 3. The fourth-order valence-electron chi connectivity index (χ4n) is 3.52. The van der Waals surface area contributed by atoms with Crippen LogP contribution >= 0.6 is 0 Å². The Morgan fingerprint density at radius 2 is 1.96 bits per heavy atom. The average Bonchev–Trinajstić information content (AvgIpc) is 2.76. The number of halogens is 1. The molecule has 1 amide bonds. The summed E-state index contributed by atoms with van der Waals surface area (Å²) in [5.74, 6) is -0.311. The zero-order chi connectivity index (χ0) is 17.5. The second-order valence-electron chi connectivity index (χ2n) is 7.06. The second-order valence-corrected chi connectivity index (χ2v) is 7.06. The molecule has 4 heteroatoms. The number of primary amides is 1. The number of fused-ring (bicyclic) bond motifs is 1. The minimum absolute atomic E-state index is 0.311. The zero-order valence-corrected chi connectivity index (χ0v) is 14.2. The van der Waals surface area contributed by atoms with Gasteiger partial charge in [0, 0.05) is 11.0 Å². The van der Waals surface area contributed by atoms with E-state index in [1.807, 2.05) is 44.2 Å². The van der Waals surface area contributed by atoms with Gasteiger partial charge in [0.1, 0.15) is 11.9 Å². The molecule has 0 saturated carbocycles. The first-order valence-corrected chi connectivity index (χ1v) is 8.19. The quantitative estimate of drug-likeness (QED) is 0.882. The Kier molecular flexibility index (Phi) is 4.08. The van der Waals surface area contributed by atoms with Gasteiger partial charge in [-0.15, -0.1) is 0 Å². The molecule has 2 N–H and O–H groups in total. The van der Waals surface area contributed by atoms with Crippen LogP contribution in [0.4, 0.5) is 9.18 Å². The number of nitrogens with two attached hydrogens (primary N) is 1. The lowest BCUT2D eigenvalue weighted by Crippen LogP contribution is -2.25. The highest BCUT2D eigenvalue weighted by Gasteiger charge is 2.42. The molecular weight excluding hydrogens is 305 g/mol. The van der Waals surface area contributed by atoms with Gasteiger partial charge in [0.2, 0.25) is 0 Å². The fourth-order valence-corrected chi connectivity index (χ4v) is 3.52. The zero-order valence-electron chi connectivity index (χ0n) is 14.2. The maximum absolute atomic E-state index is 14.7. The molecule has 1 atom stereocenters. The fraction of sp³-hybridized carbons (Fsp3) is 0.350. The normalized spacial score (nSPS) is 18.2. The number of carbonyl (C=O) groups excluding carboxylic acids is 1. The molecule has 0 bridgehead atoms. The highest BCUT2D eigenvalue weighted by Crippen LogP contribution is 2.48. The standard InChI is InChI=1S/C20H22FNO2/c1-4-12-5-7-13(8-6-12)15-9-14-11-20(2,3)18(24-19(22)23)16(14)10-17(15)21/h5-10,18H,4,11H2,1-3H3,(H2,22,23). The van der Waals surface area contributed by atoms with Gasteiger partial charge < -0.3 is 10.5 Å². The SMILES string of the molecule is CCc1ccc(-c2cc3c(cc2F)C(OC(N)=O)C(C)(C)C3)cc1. The Hall–Kier alpha value is -2.36. The molecule has 0 aromatic heterocycles. The predicted molar refractivity (Wildman–Crippen MR) is 92.1 cm³/mol. The van der Waals surface area contributed by atoms with Gasteiger partial charge in [0.25, 0.3) is 0 Å². The van der Waals surface area contributed by atoms with E-state index < -0.39 is 12.2 Å². The number of hydrogen-bond acceptors (Lipinski definition) is 2. The van der Waals surface area contributed by atoms with Crippen LogP contribution in [0.5, 0.6) is 0 Å². The first kappa shape index (κ1) is 16.5. The lowest BCUT2D eigenvalue weighted by molar-refractivity contribution is 0.0391. The average molecular weight is 327 g/mol. The third-order valence-corrected chi connectivity index (χ3v) is 4.77. The van der Waals surface area contributed by atoms with E-state index in [2.05, 4.69) is 6.92 Å². The van der Waals surface area contributed by atoms with Crippen molar-refractivity contribution in [1.82, 2.24) is 0 Å². The summed E-state index contributed by atoms with van der Waals surface area (Å²) in [6.07, 6.45) is 0.310. The Morgan fingerprint density at radius 1 is 1.29 bits per heavy atom. The van der Waals surface area contributed by atoms with Gasteiger partial charge in [-0.1, -0.05) is 45.0 Å². The van der Waals surface area contributed by atoms with Crippen LogP contribution in [0.2, 0.25) is 0 Å². The van der Waals surface area contributed by atoms with E-state index in [1.54, 1.807) is 0 Å². The van der Waals surface area contributed by atoms with Gasteiger partial charge in [-0.2, -0.15) is 0 Å². The number of carbonyl (C=O) groups is 1. The Morgan fingerprint density at radius 3 is 2.54 bits per heavy atom. The van der Waals surface area contributed by atoms with Crippen LogP contribution in [0.25, 0.3) is 11.1 Å². The van der Waals surface area contributed by atoms with Gasteiger partial charge in [-0.3, -0.25) is 0 Å². The summed E-state index contributed by atoms with van der Waals surface area (Å²) >= 11 is 0. The molecule has 0 radical (unpaired) electrons. The topological polar surface area (TPSA) is 52.3 Å². The third-order valence-electron chi connectivity index (χ3n) is 4.77. The summed E-state index contributed by atoms with van der Waals surface area (Å²) < 4.78 is 20.0. The van der Waals surface area contributed by atoms with E-state index in [0.29, 0.717) is 17.5 Å². The van der Waals surface area contributed by atoms with Crippen LogP contribution in [0, 0.1) is 11.2 Å². The van der Waals surface area contributed by atoms with Crippen LogP contribution < -0.4 is 5.73 Å². The molecule has 0 spiro atoms. The first-order valence-electron chi connectivity index (χ1n) is 8.19. The number of aryl methyl sites for hydroxylation is 1. The third kappa shape index (κ3) is 2.88. The predicted octanol–water partition coefficient (Wildman–Crippen LogP) is 4.77. The molecule has 2 aromatic carbocycles. The maximum Gasteiger partial charge on any atom is 0.405 e. The molecule has 0 aliphatic heterocycles. The first-order chi connectivity index (χ1) is 11.3. The molecule has 0 fully saturated rings. The lowest BCUT2D eigenvalue weighted by Gasteiger charge is -2.26. The van der Waals surface area contributed by atoms with Crippen LogP contribution in [0.15, 0.2) is 36.4 Å². The van der Waals surface area contributed by atoms with Crippen molar-refractivity contribution in [3.63, 3.8) is 0 Å². The highest BCUT2D eigenvalue weighted by atomic mass is 19.1. The molecule has 24 heavy (non-hydrogen) atoms. The van der Waals surface area contributed by atoms with Crippen molar-refractivity contribution in [1.29, 1.82) is 0 Å². The summed E-state index contributed by atoms with van der Waals surface area (Å²) in [7, 11) is 0. The van der Waals surface area contributed by atoms with E-state index in [4.69, 9.17) is 10.5 Å². The molecule has 3 nitrogen and oxygen atoms in total. The van der Waals surface area contributed by atoms with E-state index in [0.717, 1.165) is 17.5 Å². The van der Waals surface area contributed by atoms with Gasteiger partial charge >= 0.3 is 6.09 Å². The summed E-state index contributed by atoms with van der Waals surface area (Å²) in [4.78, 5) is 11.2. The van der Waals surface area contributed by atoms with Crippen molar-refractivity contribution >= 4 is 6.09 Å². The van der Waals surface area contributed by atoms with Crippen molar-refractivity contribution in [3.8, 4) is 11.1 Å². The largest absolute Gasteiger partial charge is 0.441 e. The molecule has 2 aromatic rings. The van der Waals surface area contributed by atoms with E-state index in [9.17, 15) is 9.18 Å². The monoisotopic (exact) mass is 327 g/mol. The Balaban J connectivity index is 2.03. The number of hydrogen-bond donors (Lipinski definition) is 1. The van der Waals surface area contributed by atoms with Crippen LogP contribution in [-0.4, -0.2) is 6.09 Å². The van der Waals surface area contributed by atoms with Gasteiger partial charge in [0.15, 0.2) is 0 Å².